The summed E-state index contributed by atoms with van der Waals surface area (Å²) in [6, 6.07) is 9.75. The number of carbonyl (C=O) groups excluding carboxylic acids is 3. The van der Waals surface area contributed by atoms with E-state index in [1.54, 1.807) is 74.1 Å². The van der Waals surface area contributed by atoms with Gasteiger partial charge in [0.15, 0.2) is 11.6 Å². The number of rotatable bonds is 7. The zero-order chi connectivity index (χ0) is 32.0. The van der Waals surface area contributed by atoms with E-state index in [1.165, 1.54) is 0 Å². The number of nitrogens with zero attached hydrogens (tertiary/aromatic N) is 3. The number of hydrogen-bond acceptors (Lipinski definition) is 8. The molecule has 0 atom stereocenters. The molecule has 3 aliphatic rings. The Kier molecular flexibility index (Phi) is 8.12. The van der Waals surface area contributed by atoms with Crippen molar-refractivity contribution in [3.8, 4) is 22.5 Å². The number of halogens is 3. The van der Waals surface area contributed by atoms with Crippen LogP contribution in [-0.2, 0) is 19.2 Å². The van der Waals surface area contributed by atoms with Gasteiger partial charge in [-0.3, -0.25) is 9.59 Å². The quantitative estimate of drug-likeness (QED) is 0.106. The number of hydroxylamine groups is 2. The van der Waals surface area contributed by atoms with Crippen LogP contribution in [0.5, 0.6) is 0 Å². The Morgan fingerprint density at radius 3 is 2.30 bits per heavy atom. The van der Waals surface area contributed by atoms with Gasteiger partial charge in [0.05, 0.1) is 16.7 Å². The van der Waals surface area contributed by atoms with Crippen LogP contribution in [0.4, 0.5) is 18.9 Å². The van der Waals surface area contributed by atoms with E-state index in [0.717, 1.165) is 0 Å². The SMILES string of the molecule is CN(C)c1ccc2c(-c3c(F)c(SCC(=O)ON4C(=O)CCC4=O)c(F)c(F)c3C(=O)O)c3ccc(=[N+](C)C)cc-3oc2c1. The molecule has 228 valence electrons. The van der Waals surface area contributed by atoms with Gasteiger partial charge in [0.1, 0.15) is 36.8 Å². The summed E-state index contributed by atoms with van der Waals surface area (Å²) in [4.78, 5) is 53.8. The maximum atomic E-state index is 16.5. The van der Waals surface area contributed by atoms with Gasteiger partial charge >= 0.3 is 11.9 Å². The molecule has 2 amide bonds. The van der Waals surface area contributed by atoms with E-state index >= 15 is 13.2 Å². The summed E-state index contributed by atoms with van der Waals surface area (Å²) >= 11 is 0.191. The monoisotopic (exact) mass is 628 g/mol. The number of anilines is 1. The Balaban J connectivity index is 1.74. The summed E-state index contributed by atoms with van der Waals surface area (Å²) in [5.74, 6) is -10.4. The predicted molar refractivity (Wildman–Crippen MR) is 154 cm³/mol. The normalized spacial score (nSPS) is 13.2. The summed E-state index contributed by atoms with van der Waals surface area (Å²) in [7, 11) is 7.15. The van der Waals surface area contributed by atoms with Gasteiger partial charge in [0, 0.05) is 66.8 Å². The van der Waals surface area contributed by atoms with Gasteiger partial charge < -0.3 is 19.3 Å². The molecule has 0 spiro atoms. The third-order valence-corrected chi connectivity index (χ3v) is 8.03. The highest BCUT2D eigenvalue weighted by atomic mass is 32.2. The van der Waals surface area contributed by atoms with E-state index in [1.807, 2.05) is 0 Å². The number of hydrogen-bond donors (Lipinski definition) is 1. The molecule has 44 heavy (non-hydrogen) atoms. The third-order valence-electron chi connectivity index (χ3n) is 7.00. The summed E-state index contributed by atoms with van der Waals surface area (Å²) in [6.45, 7) is 0. The van der Waals surface area contributed by atoms with Crippen LogP contribution in [0.15, 0.2) is 45.7 Å². The lowest BCUT2D eigenvalue weighted by molar-refractivity contribution is -0.195. The van der Waals surface area contributed by atoms with Crippen LogP contribution in [0.3, 0.4) is 0 Å². The van der Waals surface area contributed by atoms with Crippen molar-refractivity contribution in [1.29, 1.82) is 0 Å². The van der Waals surface area contributed by atoms with Crippen molar-refractivity contribution in [2.24, 2.45) is 0 Å². The van der Waals surface area contributed by atoms with E-state index < -0.39 is 63.0 Å². The smallest absolute Gasteiger partial charge is 0.343 e. The van der Waals surface area contributed by atoms with Gasteiger partial charge in [0.25, 0.3) is 11.8 Å². The molecule has 1 fully saturated rings. The first-order valence-electron chi connectivity index (χ1n) is 13.1. The number of aromatic carboxylic acids is 1. The number of thioether (sulfide) groups is 1. The fourth-order valence-corrected chi connectivity index (χ4v) is 5.57. The number of carbonyl (C=O) groups is 4. The fourth-order valence-electron chi connectivity index (χ4n) is 4.81. The van der Waals surface area contributed by atoms with Crippen molar-refractivity contribution in [3.63, 3.8) is 0 Å². The van der Waals surface area contributed by atoms with Gasteiger partial charge in [-0.2, -0.15) is 0 Å². The van der Waals surface area contributed by atoms with Crippen LogP contribution in [0, 0.1) is 17.5 Å². The minimum atomic E-state index is -1.92. The van der Waals surface area contributed by atoms with Crippen LogP contribution in [-0.4, -0.2) is 67.9 Å². The largest absolute Gasteiger partial charge is 0.478 e. The number of carboxylic acids is 1. The zero-order valence-electron chi connectivity index (χ0n) is 23.9. The van der Waals surface area contributed by atoms with E-state index in [-0.39, 0.29) is 57.5 Å². The van der Waals surface area contributed by atoms with Gasteiger partial charge in [-0.05, 0) is 18.2 Å². The zero-order valence-corrected chi connectivity index (χ0v) is 24.7. The topological polar surface area (TPSA) is 120 Å². The first-order valence-corrected chi connectivity index (χ1v) is 14.1. The number of carboxylic acid groups (broad SMARTS) is 1. The molecule has 0 unspecified atom stereocenters. The van der Waals surface area contributed by atoms with Crippen LogP contribution in [0.25, 0.3) is 33.4 Å². The Hall–Kier alpha value is -4.85. The molecule has 2 heterocycles. The van der Waals surface area contributed by atoms with Crippen LogP contribution in [0.1, 0.15) is 23.2 Å². The van der Waals surface area contributed by atoms with Gasteiger partial charge in [-0.25, -0.2) is 27.3 Å². The molecule has 0 saturated carbocycles. The lowest BCUT2D eigenvalue weighted by Crippen LogP contribution is -2.32. The number of benzene rings is 3. The second kappa shape index (κ2) is 11.7. The molecule has 2 aromatic rings. The molecule has 1 aliphatic carbocycles. The summed E-state index contributed by atoms with van der Waals surface area (Å²) < 4.78 is 55.2. The summed E-state index contributed by atoms with van der Waals surface area (Å²) in [5.41, 5.74) is -0.935. The standard InChI is InChI=1S/C30H24F3N3O7S/c1-34(2)14-5-7-16-18(11-14)42-19-12-15(35(3)4)6-8-17(19)23(16)24-25(30(40)41)26(31)28(33)29(27(24)32)44-13-22(39)43-36-20(37)9-10-21(36)38/h5-8,11-12H,9-10,13H2,1-4H3/p+1. The van der Waals surface area contributed by atoms with E-state index in [0.29, 0.717) is 11.0 Å². The van der Waals surface area contributed by atoms with Crippen LogP contribution in [0.2, 0.25) is 0 Å². The average molecular weight is 629 g/mol. The summed E-state index contributed by atoms with van der Waals surface area (Å²) in [6.07, 6.45) is -0.323. The Morgan fingerprint density at radius 1 is 1.00 bits per heavy atom. The predicted octanol–water partition coefficient (Wildman–Crippen LogP) is 4.12. The second-order valence-corrected chi connectivity index (χ2v) is 11.3. The average Bonchev–Trinajstić information content (AvgIpc) is 3.28. The molecule has 0 aromatic heterocycles. The summed E-state index contributed by atoms with van der Waals surface area (Å²) in [5, 5.41) is 11.2. The maximum Gasteiger partial charge on any atom is 0.343 e. The van der Waals surface area contributed by atoms with Crippen LogP contribution >= 0.6 is 11.8 Å². The molecule has 14 heteroatoms. The Labute approximate surface area is 252 Å². The minimum absolute atomic E-state index is 0.0663. The molecule has 2 aromatic carbocycles. The molecule has 2 aliphatic heterocycles. The molecular weight excluding hydrogens is 603 g/mol. The fraction of sp³-hybridized carbons (Fsp3) is 0.233. The first-order chi connectivity index (χ1) is 20.8. The van der Waals surface area contributed by atoms with Gasteiger partial charge in [0.2, 0.25) is 5.36 Å². The molecule has 10 nitrogen and oxygen atoms in total. The second-order valence-electron chi connectivity index (χ2n) is 10.3. The molecule has 0 bridgehead atoms. The lowest BCUT2D eigenvalue weighted by Gasteiger charge is -2.20. The molecule has 5 rings (SSSR count). The highest BCUT2D eigenvalue weighted by molar-refractivity contribution is 8.00. The van der Waals surface area contributed by atoms with E-state index in [9.17, 15) is 24.3 Å². The van der Waals surface area contributed by atoms with Gasteiger partial charge in [-0.15, -0.1) is 16.8 Å². The van der Waals surface area contributed by atoms with Crippen molar-refractivity contribution in [3.05, 3.63) is 64.8 Å². The third kappa shape index (κ3) is 5.36. The van der Waals surface area contributed by atoms with E-state index in [2.05, 4.69) is 0 Å². The van der Waals surface area contributed by atoms with Crippen molar-refractivity contribution >= 4 is 52.2 Å². The number of imide groups is 1. The van der Waals surface area contributed by atoms with Crippen molar-refractivity contribution in [2.75, 3.05) is 38.8 Å². The highest BCUT2D eigenvalue weighted by Gasteiger charge is 2.35. The Morgan fingerprint density at radius 2 is 1.68 bits per heavy atom. The molecule has 1 saturated heterocycles. The first kappa shape index (κ1) is 30.6. The minimum Gasteiger partial charge on any atom is -0.478 e. The lowest BCUT2D eigenvalue weighted by atomic mass is 9.89. The van der Waals surface area contributed by atoms with Crippen molar-refractivity contribution in [1.82, 2.24) is 9.64 Å². The molecule has 1 N–H and O–H groups in total. The van der Waals surface area contributed by atoms with E-state index in [4.69, 9.17) is 9.25 Å². The van der Waals surface area contributed by atoms with Crippen molar-refractivity contribution < 1.29 is 46.7 Å². The number of amides is 2. The molecule has 0 radical (unpaired) electrons. The highest BCUT2D eigenvalue weighted by Crippen LogP contribution is 2.46. The van der Waals surface area contributed by atoms with Crippen LogP contribution < -0.4 is 14.8 Å². The maximum absolute atomic E-state index is 16.5. The van der Waals surface area contributed by atoms with Crippen molar-refractivity contribution in [2.45, 2.75) is 17.7 Å². The Bertz CT molecular complexity index is 1920. The molecular formula is C30H25F3N3O7S+. The van der Waals surface area contributed by atoms with Gasteiger partial charge in [-0.1, -0.05) is 0 Å². The number of fused-ring (bicyclic) bond motifs is 2.